The summed E-state index contributed by atoms with van der Waals surface area (Å²) in [5, 5.41) is 12.5. The normalized spacial score (nSPS) is 12.7. The van der Waals surface area contributed by atoms with Crippen molar-refractivity contribution in [2.24, 2.45) is 0 Å². The predicted molar refractivity (Wildman–Crippen MR) is 60.9 cm³/mol. The van der Waals surface area contributed by atoms with E-state index in [4.69, 9.17) is 4.74 Å². The fourth-order valence-electron chi connectivity index (χ4n) is 1.40. The Morgan fingerprint density at radius 1 is 1.33 bits per heavy atom. The number of hydrogen-bond donors (Lipinski definition) is 2. The molecule has 0 aliphatic carbocycles. The quantitative estimate of drug-likeness (QED) is 0.653. The second-order valence-corrected chi connectivity index (χ2v) is 3.55. The lowest BCUT2D eigenvalue weighted by molar-refractivity contribution is 0.0648. The maximum absolute atomic E-state index is 9.36. The molecule has 0 heterocycles. The van der Waals surface area contributed by atoms with Crippen LogP contribution in [0.25, 0.3) is 0 Å². The van der Waals surface area contributed by atoms with Crippen LogP contribution in [0.2, 0.25) is 0 Å². The fourth-order valence-corrected chi connectivity index (χ4v) is 1.40. The number of methoxy groups -OCH3 is 1. The topological polar surface area (TPSA) is 41.5 Å². The molecule has 0 saturated carbocycles. The zero-order valence-corrected chi connectivity index (χ0v) is 9.15. The van der Waals surface area contributed by atoms with E-state index in [9.17, 15) is 5.11 Å². The van der Waals surface area contributed by atoms with Gasteiger partial charge >= 0.3 is 0 Å². The molecule has 1 atom stereocenters. The molecule has 1 aromatic carbocycles. The zero-order chi connectivity index (χ0) is 10.9. The molecule has 0 fully saturated rings. The van der Waals surface area contributed by atoms with Crippen molar-refractivity contribution in [2.75, 3.05) is 26.8 Å². The lowest BCUT2D eigenvalue weighted by atomic mass is 10.1. The molecule has 3 heteroatoms. The van der Waals surface area contributed by atoms with Gasteiger partial charge in [0.1, 0.15) is 0 Å². The van der Waals surface area contributed by atoms with Gasteiger partial charge in [-0.3, -0.25) is 0 Å². The predicted octanol–water partition coefficient (Wildman–Crippen LogP) is 0.826. The Kier molecular flexibility index (Phi) is 6.00. The van der Waals surface area contributed by atoms with Crippen molar-refractivity contribution in [3.05, 3.63) is 35.9 Å². The van der Waals surface area contributed by atoms with Crippen molar-refractivity contribution in [3.63, 3.8) is 0 Å². The number of aliphatic hydroxyl groups is 1. The first-order valence-corrected chi connectivity index (χ1v) is 5.24. The molecule has 15 heavy (non-hydrogen) atoms. The minimum absolute atomic E-state index is 0.387. The SMILES string of the molecule is COCC(O)CNCCc1ccccc1. The lowest BCUT2D eigenvalue weighted by Gasteiger charge is -2.10. The molecule has 0 radical (unpaired) electrons. The van der Waals surface area contributed by atoms with Gasteiger partial charge in [-0.05, 0) is 18.5 Å². The minimum atomic E-state index is -0.411. The van der Waals surface area contributed by atoms with E-state index >= 15 is 0 Å². The summed E-state index contributed by atoms with van der Waals surface area (Å²) in [6, 6.07) is 10.3. The van der Waals surface area contributed by atoms with Gasteiger partial charge < -0.3 is 15.2 Å². The van der Waals surface area contributed by atoms with Gasteiger partial charge in [0.15, 0.2) is 0 Å². The van der Waals surface area contributed by atoms with Crippen LogP contribution in [0.5, 0.6) is 0 Å². The van der Waals surface area contributed by atoms with E-state index in [1.807, 2.05) is 18.2 Å². The number of benzene rings is 1. The van der Waals surface area contributed by atoms with Crippen molar-refractivity contribution in [2.45, 2.75) is 12.5 Å². The largest absolute Gasteiger partial charge is 0.389 e. The molecule has 0 saturated heterocycles. The fraction of sp³-hybridized carbons (Fsp3) is 0.500. The Bertz CT molecular complexity index is 251. The first-order chi connectivity index (χ1) is 7.33. The average Bonchev–Trinajstić information content (AvgIpc) is 2.26. The molecule has 3 nitrogen and oxygen atoms in total. The Morgan fingerprint density at radius 2 is 2.07 bits per heavy atom. The highest BCUT2D eigenvalue weighted by Crippen LogP contribution is 1.97. The Hall–Kier alpha value is -0.900. The molecule has 0 amide bonds. The first kappa shape index (κ1) is 12.2. The third-order valence-corrected chi connectivity index (χ3v) is 2.17. The minimum Gasteiger partial charge on any atom is -0.389 e. The first-order valence-electron chi connectivity index (χ1n) is 5.24. The van der Waals surface area contributed by atoms with Gasteiger partial charge in [-0.2, -0.15) is 0 Å². The third-order valence-electron chi connectivity index (χ3n) is 2.17. The molecule has 0 aliphatic heterocycles. The molecule has 0 aliphatic rings. The highest BCUT2D eigenvalue weighted by atomic mass is 16.5. The highest BCUT2D eigenvalue weighted by molar-refractivity contribution is 5.14. The van der Waals surface area contributed by atoms with Gasteiger partial charge in [-0.25, -0.2) is 0 Å². The van der Waals surface area contributed by atoms with E-state index in [1.54, 1.807) is 7.11 Å². The summed E-state index contributed by atoms with van der Waals surface area (Å²) in [5.74, 6) is 0. The molecule has 1 unspecified atom stereocenters. The van der Waals surface area contributed by atoms with E-state index in [1.165, 1.54) is 5.56 Å². The van der Waals surface area contributed by atoms with Crippen LogP contribution < -0.4 is 5.32 Å². The van der Waals surface area contributed by atoms with Gasteiger partial charge in [0.2, 0.25) is 0 Å². The number of aliphatic hydroxyl groups excluding tert-OH is 1. The molecule has 0 aromatic heterocycles. The maximum atomic E-state index is 9.36. The van der Waals surface area contributed by atoms with Crippen molar-refractivity contribution in [1.29, 1.82) is 0 Å². The van der Waals surface area contributed by atoms with E-state index in [-0.39, 0.29) is 0 Å². The smallest absolute Gasteiger partial charge is 0.0897 e. The summed E-state index contributed by atoms with van der Waals surface area (Å²) >= 11 is 0. The summed E-state index contributed by atoms with van der Waals surface area (Å²) in [7, 11) is 1.59. The summed E-state index contributed by atoms with van der Waals surface area (Å²) in [4.78, 5) is 0. The number of hydrogen-bond acceptors (Lipinski definition) is 3. The molecule has 84 valence electrons. The van der Waals surface area contributed by atoms with Gasteiger partial charge in [0.25, 0.3) is 0 Å². The Labute approximate surface area is 91.1 Å². The van der Waals surface area contributed by atoms with Crippen molar-refractivity contribution in [1.82, 2.24) is 5.32 Å². The van der Waals surface area contributed by atoms with Crippen LogP contribution in [0.3, 0.4) is 0 Å². The number of nitrogens with one attached hydrogen (secondary N) is 1. The van der Waals surface area contributed by atoms with Gasteiger partial charge in [-0.15, -0.1) is 0 Å². The number of rotatable bonds is 7. The van der Waals surface area contributed by atoms with Gasteiger partial charge in [0, 0.05) is 13.7 Å². The van der Waals surface area contributed by atoms with Crippen LogP contribution in [0.1, 0.15) is 5.56 Å². The Balaban J connectivity index is 2.07. The van der Waals surface area contributed by atoms with E-state index in [0.717, 1.165) is 13.0 Å². The van der Waals surface area contributed by atoms with E-state index < -0.39 is 6.10 Å². The van der Waals surface area contributed by atoms with Crippen LogP contribution in [0.4, 0.5) is 0 Å². The monoisotopic (exact) mass is 209 g/mol. The Morgan fingerprint density at radius 3 is 2.73 bits per heavy atom. The van der Waals surface area contributed by atoms with Crippen LogP contribution >= 0.6 is 0 Å². The molecule has 0 bridgehead atoms. The summed E-state index contributed by atoms with van der Waals surface area (Å²) in [6.45, 7) is 1.85. The van der Waals surface area contributed by atoms with Gasteiger partial charge in [0.05, 0.1) is 12.7 Å². The third kappa shape index (κ3) is 5.52. The lowest BCUT2D eigenvalue weighted by Crippen LogP contribution is -2.31. The maximum Gasteiger partial charge on any atom is 0.0897 e. The molecular weight excluding hydrogens is 190 g/mol. The molecule has 1 aromatic rings. The molecule has 0 spiro atoms. The molecular formula is C12H19NO2. The average molecular weight is 209 g/mol. The summed E-state index contributed by atoms with van der Waals surface area (Å²) in [6.07, 6.45) is 0.575. The van der Waals surface area contributed by atoms with Gasteiger partial charge in [-0.1, -0.05) is 30.3 Å². The van der Waals surface area contributed by atoms with E-state index in [0.29, 0.717) is 13.2 Å². The highest BCUT2D eigenvalue weighted by Gasteiger charge is 2.01. The second kappa shape index (κ2) is 7.40. The standard InChI is InChI=1S/C12H19NO2/c1-15-10-12(14)9-13-8-7-11-5-3-2-4-6-11/h2-6,12-14H,7-10H2,1H3. The van der Waals surface area contributed by atoms with Crippen molar-refractivity contribution < 1.29 is 9.84 Å². The van der Waals surface area contributed by atoms with Crippen molar-refractivity contribution >= 4 is 0 Å². The molecule has 1 rings (SSSR count). The van der Waals surface area contributed by atoms with Crippen LogP contribution in [-0.2, 0) is 11.2 Å². The van der Waals surface area contributed by atoms with Crippen LogP contribution in [0.15, 0.2) is 30.3 Å². The van der Waals surface area contributed by atoms with Crippen LogP contribution in [-0.4, -0.2) is 38.0 Å². The zero-order valence-electron chi connectivity index (χ0n) is 9.15. The van der Waals surface area contributed by atoms with Crippen molar-refractivity contribution in [3.8, 4) is 0 Å². The summed E-state index contributed by atoms with van der Waals surface area (Å²) < 4.78 is 4.83. The van der Waals surface area contributed by atoms with E-state index in [2.05, 4.69) is 17.4 Å². The number of ether oxygens (including phenoxy) is 1. The summed E-state index contributed by atoms with van der Waals surface area (Å²) in [5.41, 5.74) is 1.31. The molecule has 2 N–H and O–H groups in total. The second-order valence-electron chi connectivity index (χ2n) is 3.55. The van der Waals surface area contributed by atoms with Crippen LogP contribution in [0, 0.1) is 0 Å².